The first-order valence-electron chi connectivity index (χ1n) is 6.04. The SMILES string of the molecule is CC1CCCC(C(NN)c2ncccn2)C1. The van der Waals surface area contributed by atoms with E-state index in [1.165, 1.54) is 25.7 Å². The molecule has 0 bridgehead atoms. The molecule has 0 radical (unpaired) electrons. The van der Waals surface area contributed by atoms with Crippen LogP contribution in [0.4, 0.5) is 0 Å². The summed E-state index contributed by atoms with van der Waals surface area (Å²) in [7, 11) is 0. The predicted octanol–water partition coefficient (Wildman–Crippen LogP) is 1.81. The van der Waals surface area contributed by atoms with E-state index in [1.54, 1.807) is 12.4 Å². The smallest absolute Gasteiger partial charge is 0.146 e. The fraction of sp³-hybridized carbons (Fsp3) is 0.667. The lowest BCUT2D eigenvalue weighted by Gasteiger charge is -2.31. The molecule has 1 saturated carbocycles. The highest BCUT2D eigenvalue weighted by molar-refractivity contribution is 4.98. The minimum Gasteiger partial charge on any atom is -0.271 e. The Labute approximate surface area is 96.6 Å². The number of hydrogen-bond acceptors (Lipinski definition) is 4. The average Bonchev–Trinajstić information content (AvgIpc) is 2.31. The van der Waals surface area contributed by atoms with Crippen molar-refractivity contribution in [3.63, 3.8) is 0 Å². The number of aromatic nitrogens is 2. The van der Waals surface area contributed by atoms with Gasteiger partial charge in [-0.3, -0.25) is 5.84 Å². The van der Waals surface area contributed by atoms with Gasteiger partial charge in [-0.2, -0.15) is 0 Å². The first kappa shape index (κ1) is 11.5. The number of rotatable bonds is 3. The van der Waals surface area contributed by atoms with E-state index in [2.05, 4.69) is 22.3 Å². The number of nitrogens with one attached hydrogen (secondary N) is 1. The molecule has 3 N–H and O–H groups in total. The molecule has 3 unspecified atom stereocenters. The number of nitrogens with zero attached hydrogens (tertiary/aromatic N) is 2. The number of hydrogen-bond donors (Lipinski definition) is 2. The molecule has 4 nitrogen and oxygen atoms in total. The molecule has 0 aromatic carbocycles. The molecule has 1 heterocycles. The van der Waals surface area contributed by atoms with Crippen molar-refractivity contribution in [1.82, 2.24) is 15.4 Å². The summed E-state index contributed by atoms with van der Waals surface area (Å²) in [4.78, 5) is 8.59. The fourth-order valence-corrected chi connectivity index (χ4v) is 2.68. The normalized spacial score (nSPS) is 27.6. The van der Waals surface area contributed by atoms with Crippen molar-refractivity contribution >= 4 is 0 Å². The van der Waals surface area contributed by atoms with Gasteiger partial charge in [0.25, 0.3) is 0 Å². The summed E-state index contributed by atoms with van der Waals surface area (Å²) >= 11 is 0. The van der Waals surface area contributed by atoms with Crippen LogP contribution in [-0.2, 0) is 0 Å². The van der Waals surface area contributed by atoms with E-state index in [9.17, 15) is 0 Å². The molecule has 1 fully saturated rings. The van der Waals surface area contributed by atoms with Crippen LogP contribution in [-0.4, -0.2) is 9.97 Å². The Kier molecular flexibility index (Phi) is 3.85. The van der Waals surface area contributed by atoms with Crippen molar-refractivity contribution < 1.29 is 0 Å². The highest BCUT2D eigenvalue weighted by Crippen LogP contribution is 2.35. The summed E-state index contributed by atoms with van der Waals surface area (Å²) in [6.45, 7) is 2.31. The van der Waals surface area contributed by atoms with Gasteiger partial charge in [0.05, 0.1) is 6.04 Å². The van der Waals surface area contributed by atoms with Crippen LogP contribution in [0.25, 0.3) is 0 Å². The van der Waals surface area contributed by atoms with Crippen LogP contribution in [0.5, 0.6) is 0 Å². The van der Waals surface area contributed by atoms with E-state index < -0.39 is 0 Å². The van der Waals surface area contributed by atoms with E-state index >= 15 is 0 Å². The van der Waals surface area contributed by atoms with E-state index in [0.29, 0.717) is 5.92 Å². The van der Waals surface area contributed by atoms with Crippen LogP contribution in [0.2, 0.25) is 0 Å². The lowest BCUT2D eigenvalue weighted by molar-refractivity contribution is 0.219. The second kappa shape index (κ2) is 5.37. The van der Waals surface area contributed by atoms with Gasteiger partial charge in [0, 0.05) is 12.4 Å². The van der Waals surface area contributed by atoms with E-state index in [4.69, 9.17) is 5.84 Å². The van der Waals surface area contributed by atoms with E-state index in [0.717, 1.165) is 11.7 Å². The standard InChI is InChI=1S/C12H20N4/c1-9-4-2-5-10(8-9)11(16-13)12-14-6-3-7-15-12/h3,6-7,9-11,16H,2,4-5,8,13H2,1H3. The van der Waals surface area contributed by atoms with Crippen molar-refractivity contribution in [2.45, 2.75) is 38.6 Å². The second-order valence-corrected chi connectivity index (χ2v) is 4.78. The Morgan fingerprint density at radius 3 is 2.75 bits per heavy atom. The Hall–Kier alpha value is -1.00. The van der Waals surface area contributed by atoms with Gasteiger partial charge in [-0.1, -0.05) is 19.8 Å². The van der Waals surface area contributed by atoms with Crippen LogP contribution in [0.3, 0.4) is 0 Å². The van der Waals surface area contributed by atoms with Gasteiger partial charge < -0.3 is 0 Å². The Balaban J connectivity index is 2.10. The van der Waals surface area contributed by atoms with Gasteiger partial charge in [-0.05, 0) is 30.7 Å². The fourth-order valence-electron chi connectivity index (χ4n) is 2.68. The zero-order chi connectivity index (χ0) is 11.4. The maximum Gasteiger partial charge on any atom is 0.146 e. The van der Waals surface area contributed by atoms with Crippen molar-refractivity contribution in [1.29, 1.82) is 0 Å². The third-order valence-corrected chi connectivity index (χ3v) is 3.49. The third kappa shape index (κ3) is 2.57. The summed E-state index contributed by atoms with van der Waals surface area (Å²) in [6, 6.07) is 1.93. The molecular formula is C12H20N4. The van der Waals surface area contributed by atoms with E-state index in [-0.39, 0.29) is 6.04 Å². The molecule has 0 saturated heterocycles. The van der Waals surface area contributed by atoms with Gasteiger partial charge in [0.2, 0.25) is 0 Å². The van der Waals surface area contributed by atoms with Crippen LogP contribution < -0.4 is 11.3 Å². The van der Waals surface area contributed by atoms with Crippen LogP contribution in [0.15, 0.2) is 18.5 Å². The highest BCUT2D eigenvalue weighted by atomic mass is 15.2. The number of hydrazine groups is 1. The molecular weight excluding hydrogens is 200 g/mol. The Morgan fingerprint density at radius 1 is 1.38 bits per heavy atom. The van der Waals surface area contributed by atoms with Crippen molar-refractivity contribution in [3.8, 4) is 0 Å². The molecule has 3 atom stereocenters. The minimum atomic E-state index is 0.101. The van der Waals surface area contributed by atoms with Crippen molar-refractivity contribution in [3.05, 3.63) is 24.3 Å². The van der Waals surface area contributed by atoms with Crippen LogP contribution in [0.1, 0.15) is 44.5 Å². The molecule has 0 aliphatic heterocycles. The molecule has 1 aliphatic carbocycles. The van der Waals surface area contributed by atoms with Crippen LogP contribution >= 0.6 is 0 Å². The monoisotopic (exact) mass is 220 g/mol. The molecule has 1 aromatic heterocycles. The molecule has 0 amide bonds. The average molecular weight is 220 g/mol. The quantitative estimate of drug-likeness (QED) is 0.602. The van der Waals surface area contributed by atoms with Gasteiger partial charge in [0.15, 0.2) is 0 Å². The molecule has 16 heavy (non-hydrogen) atoms. The molecule has 1 aromatic rings. The topological polar surface area (TPSA) is 63.8 Å². The van der Waals surface area contributed by atoms with Crippen molar-refractivity contribution in [2.24, 2.45) is 17.7 Å². The van der Waals surface area contributed by atoms with Crippen LogP contribution in [0, 0.1) is 11.8 Å². The lowest BCUT2D eigenvalue weighted by atomic mass is 9.78. The molecule has 1 aliphatic rings. The summed E-state index contributed by atoms with van der Waals surface area (Å²) in [5.74, 6) is 7.83. The summed E-state index contributed by atoms with van der Waals surface area (Å²) in [6.07, 6.45) is 8.61. The molecule has 4 heteroatoms. The van der Waals surface area contributed by atoms with Crippen molar-refractivity contribution in [2.75, 3.05) is 0 Å². The zero-order valence-electron chi connectivity index (χ0n) is 9.76. The Bertz CT molecular complexity index is 314. The second-order valence-electron chi connectivity index (χ2n) is 4.78. The van der Waals surface area contributed by atoms with Gasteiger partial charge in [-0.25, -0.2) is 15.4 Å². The summed E-state index contributed by atoms with van der Waals surface area (Å²) in [5.41, 5.74) is 2.88. The van der Waals surface area contributed by atoms with Gasteiger partial charge in [0.1, 0.15) is 5.82 Å². The lowest BCUT2D eigenvalue weighted by Crippen LogP contribution is -2.36. The first-order valence-corrected chi connectivity index (χ1v) is 6.04. The number of nitrogens with two attached hydrogens (primary N) is 1. The maximum absolute atomic E-state index is 5.65. The minimum absolute atomic E-state index is 0.101. The largest absolute Gasteiger partial charge is 0.271 e. The molecule has 2 rings (SSSR count). The predicted molar refractivity (Wildman–Crippen MR) is 63.2 cm³/mol. The van der Waals surface area contributed by atoms with Gasteiger partial charge >= 0.3 is 0 Å². The first-order chi connectivity index (χ1) is 7.81. The summed E-state index contributed by atoms with van der Waals surface area (Å²) in [5, 5.41) is 0. The summed E-state index contributed by atoms with van der Waals surface area (Å²) < 4.78 is 0. The van der Waals surface area contributed by atoms with Gasteiger partial charge in [-0.15, -0.1) is 0 Å². The molecule has 0 spiro atoms. The Morgan fingerprint density at radius 2 is 2.12 bits per heavy atom. The van der Waals surface area contributed by atoms with E-state index in [1.807, 2.05) is 6.07 Å². The zero-order valence-corrected chi connectivity index (χ0v) is 9.76. The molecule has 88 valence electrons. The highest BCUT2D eigenvalue weighted by Gasteiger charge is 2.28. The maximum atomic E-state index is 5.65. The third-order valence-electron chi connectivity index (χ3n) is 3.49.